The van der Waals surface area contributed by atoms with E-state index in [0.717, 1.165) is 9.15 Å². The van der Waals surface area contributed by atoms with E-state index in [9.17, 15) is 4.79 Å². The van der Waals surface area contributed by atoms with Gasteiger partial charge in [-0.1, -0.05) is 0 Å². The molecule has 4 heteroatoms. The second-order valence-corrected chi connectivity index (χ2v) is 3.49. The summed E-state index contributed by atoms with van der Waals surface area (Å²) in [7, 11) is 0. The first-order valence-electron chi connectivity index (χ1n) is 3.19. The number of carbonyl (C=O) groups is 1. The largest absolute Gasteiger partial charge is 0.330 e. The zero-order valence-electron chi connectivity index (χ0n) is 5.54. The molecule has 2 heterocycles. The maximum Gasteiger partial charge on any atom is 0.253 e. The highest BCUT2D eigenvalue weighted by atomic mass is 127. The SMILES string of the molecule is O=C1NC=CC2=C(I)C=NC12. The van der Waals surface area contributed by atoms with Crippen molar-refractivity contribution in [1.29, 1.82) is 0 Å². The molecule has 56 valence electrons. The molecule has 1 amide bonds. The van der Waals surface area contributed by atoms with Crippen LogP contribution in [0.15, 0.2) is 26.4 Å². The van der Waals surface area contributed by atoms with Gasteiger partial charge in [-0.15, -0.1) is 0 Å². The van der Waals surface area contributed by atoms with Crippen molar-refractivity contribution in [3.63, 3.8) is 0 Å². The van der Waals surface area contributed by atoms with Crippen LogP contribution in [0.4, 0.5) is 0 Å². The Labute approximate surface area is 77.4 Å². The van der Waals surface area contributed by atoms with Crippen molar-refractivity contribution in [3.8, 4) is 0 Å². The number of fused-ring (bicyclic) bond motifs is 1. The summed E-state index contributed by atoms with van der Waals surface area (Å²) in [6, 6.07) is -0.285. The summed E-state index contributed by atoms with van der Waals surface area (Å²) in [4.78, 5) is 15.2. The van der Waals surface area contributed by atoms with Gasteiger partial charge in [0.15, 0.2) is 6.04 Å². The Bertz CT molecular complexity index is 304. The maximum atomic E-state index is 11.1. The number of amides is 1. The lowest BCUT2D eigenvalue weighted by Gasteiger charge is -2.12. The van der Waals surface area contributed by atoms with E-state index in [-0.39, 0.29) is 11.9 Å². The van der Waals surface area contributed by atoms with Crippen molar-refractivity contribution in [2.45, 2.75) is 6.04 Å². The van der Waals surface area contributed by atoms with Crippen LogP contribution in [0.25, 0.3) is 0 Å². The number of halogens is 1. The van der Waals surface area contributed by atoms with Crippen molar-refractivity contribution in [3.05, 3.63) is 21.4 Å². The normalized spacial score (nSPS) is 27.4. The highest BCUT2D eigenvalue weighted by Gasteiger charge is 2.27. The van der Waals surface area contributed by atoms with Gasteiger partial charge in [-0.25, -0.2) is 0 Å². The van der Waals surface area contributed by atoms with Gasteiger partial charge in [0.2, 0.25) is 0 Å². The third-order valence-corrected chi connectivity index (χ3v) is 2.55. The van der Waals surface area contributed by atoms with Crippen molar-refractivity contribution in [2.24, 2.45) is 4.99 Å². The number of carbonyl (C=O) groups excluding carboxylic acids is 1. The fraction of sp³-hybridized carbons (Fsp3) is 0.143. The fourth-order valence-corrected chi connectivity index (χ4v) is 1.73. The van der Waals surface area contributed by atoms with Gasteiger partial charge in [-0.3, -0.25) is 9.79 Å². The van der Waals surface area contributed by atoms with E-state index in [1.54, 1.807) is 12.4 Å². The lowest BCUT2D eigenvalue weighted by molar-refractivity contribution is -0.120. The van der Waals surface area contributed by atoms with Crippen molar-refractivity contribution < 1.29 is 4.79 Å². The molecule has 1 atom stereocenters. The maximum absolute atomic E-state index is 11.1. The Morgan fingerprint density at radius 2 is 2.45 bits per heavy atom. The van der Waals surface area contributed by atoms with E-state index in [0.29, 0.717) is 0 Å². The number of hydrogen-bond donors (Lipinski definition) is 1. The van der Waals surface area contributed by atoms with Crippen LogP contribution in [0.2, 0.25) is 0 Å². The van der Waals surface area contributed by atoms with Gasteiger partial charge in [0, 0.05) is 21.6 Å². The Morgan fingerprint density at radius 1 is 1.64 bits per heavy atom. The predicted octanol–water partition coefficient (Wildman–Crippen LogP) is 0.772. The van der Waals surface area contributed by atoms with Gasteiger partial charge in [0.25, 0.3) is 5.91 Å². The topological polar surface area (TPSA) is 41.5 Å². The zero-order chi connectivity index (χ0) is 7.84. The van der Waals surface area contributed by atoms with E-state index in [2.05, 4.69) is 32.9 Å². The lowest BCUT2D eigenvalue weighted by Crippen LogP contribution is -2.33. The highest BCUT2D eigenvalue weighted by Crippen LogP contribution is 2.25. The van der Waals surface area contributed by atoms with E-state index in [4.69, 9.17) is 0 Å². The molecule has 1 N–H and O–H groups in total. The standard InChI is InChI=1S/C7H5IN2O/c8-5-3-10-6-4(5)1-2-9-7(6)11/h1-3,6H,(H,9,11). The molecule has 0 aromatic heterocycles. The van der Waals surface area contributed by atoms with Crippen LogP contribution >= 0.6 is 22.6 Å². The average molecular weight is 260 g/mol. The molecule has 1 unspecified atom stereocenters. The average Bonchev–Trinajstić information content (AvgIpc) is 2.35. The summed E-state index contributed by atoms with van der Waals surface area (Å²) in [5, 5.41) is 2.60. The van der Waals surface area contributed by atoms with E-state index < -0.39 is 0 Å². The van der Waals surface area contributed by atoms with Gasteiger partial charge in [-0.2, -0.15) is 0 Å². The molecule has 0 fully saturated rings. The van der Waals surface area contributed by atoms with Crippen LogP contribution in [-0.4, -0.2) is 18.2 Å². The summed E-state index contributed by atoms with van der Waals surface area (Å²) in [5.41, 5.74) is 1.01. The van der Waals surface area contributed by atoms with Gasteiger partial charge >= 0.3 is 0 Å². The van der Waals surface area contributed by atoms with Crippen LogP contribution in [0, 0.1) is 0 Å². The second kappa shape index (κ2) is 2.44. The second-order valence-electron chi connectivity index (χ2n) is 2.33. The molecule has 2 aliphatic rings. The summed E-state index contributed by atoms with van der Waals surface area (Å²) in [6.45, 7) is 0. The van der Waals surface area contributed by atoms with Crippen LogP contribution < -0.4 is 5.32 Å². The van der Waals surface area contributed by atoms with Crippen LogP contribution in [0.1, 0.15) is 0 Å². The molecule has 0 saturated carbocycles. The first-order chi connectivity index (χ1) is 5.29. The number of nitrogens with one attached hydrogen (secondary N) is 1. The van der Waals surface area contributed by atoms with Gasteiger partial charge in [-0.05, 0) is 28.7 Å². The number of aliphatic imine (C=N–C) groups is 1. The zero-order valence-corrected chi connectivity index (χ0v) is 7.70. The first kappa shape index (κ1) is 7.02. The highest BCUT2D eigenvalue weighted by molar-refractivity contribution is 14.1. The summed E-state index contributed by atoms with van der Waals surface area (Å²) in [6.07, 6.45) is 5.28. The number of nitrogens with zero attached hydrogens (tertiary/aromatic N) is 1. The molecular formula is C7H5IN2O. The van der Waals surface area contributed by atoms with Gasteiger partial charge in [0.1, 0.15) is 0 Å². The summed E-state index contributed by atoms with van der Waals surface area (Å²) >= 11 is 2.18. The van der Waals surface area contributed by atoms with Crippen molar-refractivity contribution in [2.75, 3.05) is 0 Å². The lowest BCUT2D eigenvalue weighted by atomic mass is 10.1. The fourth-order valence-electron chi connectivity index (χ4n) is 1.10. The van der Waals surface area contributed by atoms with Gasteiger partial charge in [0.05, 0.1) is 0 Å². The van der Waals surface area contributed by atoms with Crippen molar-refractivity contribution >= 4 is 34.7 Å². The predicted molar refractivity (Wildman–Crippen MR) is 50.6 cm³/mol. The molecule has 3 nitrogen and oxygen atoms in total. The molecule has 2 aliphatic heterocycles. The van der Waals surface area contributed by atoms with Crippen LogP contribution in [-0.2, 0) is 4.79 Å². The Morgan fingerprint density at radius 3 is 3.18 bits per heavy atom. The molecule has 0 saturated heterocycles. The number of hydrogen-bond acceptors (Lipinski definition) is 2. The minimum absolute atomic E-state index is 0.0367. The monoisotopic (exact) mass is 260 g/mol. The molecule has 0 aromatic rings. The molecule has 0 aliphatic carbocycles. The third kappa shape index (κ3) is 1.01. The molecule has 11 heavy (non-hydrogen) atoms. The summed E-state index contributed by atoms with van der Waals surface area (Å²) in [5.74, 6) is -0.0367. The van der Waals surface area contributed by atoms with Gasteiger partial charge < -0.3 is 5.32 Å². The van der Waals surface area contributed by atoms with Crippen LogP contribution in [0.5, 0.6) is 0 Å². The first-order valence-corrected chi connectivity index (χ1v) is 4.26. The minimum atomic E-state index is -0.285. The quantitative estimate of drug-likeness (QED) is 0.642. The Kier molecular flexibility index (Phi) is 1.56. The third-order valence-electron chi connectivity index (χ3n) is 1.64. The minimum Gasteiger partial charge on any atom is -0.330 e. The smallest absolute Gasteiger partial charge is 0.253 e. The van der Waals surface area contributed by atoms with E-state index in [1.807, 2.05) is 6.08 Å². The van der Waals surface area contributed by atoms with Crippen molar-refractivity contribution in [1.82, 2.24) is 5.32 Å². The molecule has 0 radical (unpaired) electrons. The van der Waals surface area contributed by atoms with E-state index >= 15 is 0 Å². The number of rotatable bonds is 0. The Hall–Kier alpha value is -0.650. The molecule has 0 spiro atoms. The van der Waals surface area contributed by atoms with E-state index in [1.165, 1.54) is 0 Å². The summed E-state index contributed by atoms with van der Waals surface area (Å²) < 4.78 is 1.05. The molecular weight excluding hydrogens is 255 g/mol. The number of allylic oxidation sites excluding steroid dienone is 1. The van der Waals surface area contributed by atoms with Crippen LogP contribution in [0.3, 0.4) is 0 Å². The molecule has 2 rings (SSSR count). The molecule has 0 aromatic carbocycles. The Balaban J connectivity index is 2.47. The molecule has 0 bridgehead atoms.